The fourth-order valence-corrected chi connectivity index (χ4v) is 2.21. The maximum atomic E-state index is 11.5. The Morgan fingerprint density at radius 3 is 2.60 bits per heavy atom. The van der Waals surface area contributed by atoms with Crippen LogP contribution in [-0.2, 0) is 4.79 Å². The van der Waals surface area contributed by atoms with E-state index in [2.05, 4.69) is 21.3 Å². The molecular weight excluding hydrogens is 260 g/mol. The standard InChI is InChI=1S/C10H9BrN2O2/c11-13-9(6-8(12-15)10(13)14)7-4-2-1-3-5-7/h1-5,9,15H,6H2/b12-8+/t9-/m1/s1. The van der Waals surface area contributed by atoms with Crippen LogP contribution in [0.5, 0.6) is 0 Å². The molecule has 5 heteroatoms. The zero-order valence-electron chi connectivity index (χ0n) is 7.80. The molecule has 0 saturated carbocycles. The normalized spacial score (nSPS) is 23.8. The summed E-state index contributed by atoms with van der Waals surface area (Å²) in [5.41, 5.74) is 1.20. The van der Waals surface area contributed by atoms with Crippen LogP contribution in [0.2, 0.25) is 0 Å². The highest BCUT2D eigenvalue weighted by Gasteiger charge is 2.36. The number of amides is 1. The van der Waals surface area contributed by atoms with Crippen LogP contribution in [0.3, 0.4) is 0 Å². The van der Waals surface area contributed by atoms with Gasteiger partial charge in [-0.3, -0.25) is 8.72 Å². The Morgan fingerprint density at radius 1 is 1.40 bits per heavy atom. The van der Waals surface area contributed by atoms with Crippen molar-refractivity contribution in [2.24, 2.45) is 5.16 Å². The van der Waals surface area contributed by atoms with Crippen LogP contribution >= 0.6 is 16.1 Å². The maximum Gasteiger partial charge on any atom is 0.282 e. The molecule has 1 atom stereocenters. The first-order chi connectivity index (χ1) is 7.24. The first-order valence-electron chi connectivity index (χ1n) is 4.49. The lowest BCUT2D eigenvalue weighted by molar-refractivity contribution is -0.118. The number of hydrogen-bond acceptors (Lipinski definition) is 3. The van der Waals surface area contributed by atoms with Crippen LogP contribution < -0.4 is 0 Å². The van der Waals surface area contributed by atoms with Gasteiger partial charge in [0.05, 0.1) is 22.2 Å². The van der Waals surface area contributed by atoms with Crippen LogP contribution in [0.25, 0.3) is 0 Å². The second-order valence-electron chi connectivity index (χ2n) is 3.29. The average molecular weight is 269 g/mol. The van der Waals surface area contributed by atoms with Crippen molar-refractivity contribution >= 4 is 27.8 Å². The van der Waals surface area contributed by atoms with Gasteiger partial charge in [0, 0.05) is 6.42 Å². The maximum absolute atomic E-state index is 11.5. The summed E-state index contributed by atoms with van der Waals surface area (Å²) in [6, 6.07) is 9.52. The number of carbonyl (C=O) groups excluding carboxylic acids is 1. The van der Waals surface area contributed by atoms with E-state index in [1.54, 1.807) is 0 Å². The summed E-state index contributed by atoms with van der Waals surface area (Å²) in [6.45, 7) is 0. The number of carbonyl (C=O) groups is 1. The fraction of sp³-hybridized carbons (Fsp3) is 0.200. The third kappa shape index (κ3) is 1.74. The van der Waals surface area contributed by atoms with Crippen LogP contribution in [0, 0.1) is 0 Å². The smallest absolute Gasteiger partial charge is 0.282 e. The predicted octanol–water partition coefficient (Wildman–Crippen LogP) is 2.10. The molecule has 1 aliphatic heterocycles. The zero-order valence-corrected chi connectivity index (χ0v) is 9.39. The van der Waals surface area contributed by atoms with Gasteiger partial charge in [-0.05, 0) is 5.56 Å². The second kappa shape index (κ2) is 4.02. The summed E-state index contributed by atoms with van der Waals surface area (Å²) in [7, 11) is 0. The Bertz CT molecular complexity index is 405. The molecule has 78 valence electrons. The topological polar surface area (TPSA) is 52.9 Å². The molecule has 0 bridgehead atoms. The van der Waals surface area contributed by atoms with E-state index in [9.17, 15) is 4.79 Å². The van der Waals surface area contributed by atoms with Gasteiger partial charge in [0.15, 0.2) is 0 Å². The summed E-state index contributed by atoms with van der Waals surface area (Å²) >= 11 is 3.18. The van der Waals surface area contributed by atoms with Gasteiger partial charge in [0.2, 0.25) is 0 Å². The van der Waals surface area contributed by atoms with E-state index in [1.165, 1.54) is 3.93 Å². The van der Waals surface area contributed by atoms with E-state index in [0.29, 0.717) is 6.42 Å². The van der Waals surface area contributed by atoms with Crippen LogP contribution in [-0.4, -0.2) is 20.8 Å². The largest absolute Gasteiger partial charge is 0.410 e. The summed E-state index contributed by atoms with van der Waals surface area (Å²) < 4.78 is 1.41. The Kier molecular flexibility index (Phi) is 2.73. The molecule has 1 fully saturated rings. The molecule has 1 saturated heterocycles. The fourth-order valence-electron chi connectivity index (χ4n) is 1.62. The lowest BCUT2D eigenvalue weighted by Crippen LogP contribution is -2.19. The monoisotopic (exact) mass is 268 g/mol. The third-order valence-electron chi connectivity index (χ3n) is 2.41. The summed E-state index contributed by atoms with van der Waals surface area (Å²) in [4.78, 5) is 11.5. The molecule has 15 heavy (non-hydrogen) atoms. The number of nitrogens with zero attached hydrogens (tertiary/aromatic N) is 2. The quantitative estimate of drug-likeness (QED) is 0.482. The van der Waals surface area contributed by atoms with Gasteiger partial charge >= 0.3 is 0 Å². The number of benzene rings is 1. The summed E-state index contributed by atoms with van der Waals surface area (Å²) in [5, 5.41) is 11.6. The Morgan fingerprint density at radius 2 is 2.07 bits per heavy atom. The van der Waals surface area contributed by atoms with Crippen molar-refractivity contribution in [1.82, 2.24) is 3.93 Å². The highest BCUT2D eigenvalue weighted by atomic mass is 79.9. The zero-order chi connectivity index (χ0) is 10.8. The van der Waals surface area contributed by atoms with E-state index in [1.807, 2.05) is 30.3 Å². The van der Waals surface area contributed by atoms with E-state index in [4.69, 9.17) is 5.21 Å². The SMILES string of the molecule is O=C1/C(=N/O)C[C@H](c2ccccc2)N1Br. The van der Waals surface area contributed by atoms with E-state index >= 15 is 0 Å². The van der Waals surface area contributed by atoms with Crippen LogP contribution in [0.15, 0.2) is 35.5 Å². The molecule has 0 aromatic heterocycles. The van der Waals surface area contributed by atoms with Gasteiger partial charge in [-0.1, -0.05) is 35.5 Å². The number of oxime groups is 1. The third-order valence-corrected chi connectivity index (χ3v) is 3.22. The van der Waals surface area contributed by atoms with E-state index in [0.717, 1.165) is 5.56 Å². The predicted molar refractivity (Wildman–Crippen MR) is 58.8 cm³/mol. The van der Waals surface area contributed by atoms with Crippen molar-refractivity contribution in [2.75, 3.05) is 0 Å². The molecule has 1 aliphatic rings. The van der Waals surface area contributed by atoms with Crippen LogP contribution in [0.4, 0.5) is 0 Å². The minimum absolute atomic E-state index is 0.0930. The average Bonchev–Trinajstić information content (AvgIpc) is 2.57. The Hall–Kier alpha value is -1.36. The van der Waals surface area contributed by atoms with Crippen molar-refractivity contribution < 1.29 is 10.0 Å². The molecule has 1 aromatic carbocycles. The minimum atomic E-state index is -0.286. The lowest BCUT2D eigenvalue weighted by atomic mass is 10.1. The van der Waals surface area contributed by atoms with Crippen molar-refractivity contribution in [3.63, 3.8) is 0 Å². The highest BCUT2D eigenvalue weighted by Crippen LogP contribution is 2.33. The molecule has 1 heterocycles. The molecule has 0 aliphatic carbocycles. The molecule has 0 spiro atoms. The highest BCUT2D eigenvalue weighted by molar-refractivity contribution is 9.07. The van der Waals surface area contributed by atoms with Gasteiger partial charge in [-0.15, -0.1) is 0 Å². The lowest BCUT2D eigenvalue weighted by Gasteiger charge is -2.16. The first-order valence-corrected chi connectivity index (χ1v) is 5.20. The summed E-state index contributed by atoms with van der Waals surface area (Å²) in [6.07, 6.45) is 0.421. The molecule has 1 aromatic rings. The van der Waals surface area contributed by atoms with Gasteiger partial charge in [0.25, 0.3) is 5.91 Å². The summed E-state index contributed by atoms with van der Waals surface area (Å²) in [5.74, 6) is -0.286. The van der Waals surface area contributed by atoms with Gasteiger partial charge in [-0.2, -0.15) is 0 Å². The van der Waals surface area contributed by atoms with Crippen molar-refractivity contribution in [1.29, 1.82) is 0 Å². The number of rotatable bonds is 1. The van der Waals surface area contributed by atoms with E-state index < -0.39 is 0 Å². The molecule has 2 rings (SSSR count). The Balaban J connectivity index is 2.30. The molecule has 1 N–H and O–H groups in total. The van der Waals surface area contributed by atoms with E-state index in [-0.39, 0.29) is 17.7 Å². The van der Waals surface area contributed by atoms with Crippen molar-refractivity contribution in [3.8, 4) is 0 Å². The van der Waals surface area contributed by atoms with Gasteiger partial charge in [-0.25, -0.2) is 0 Å². The molecule has 1 amide bonds. The molecule has 4 nitrogen and oxygen atoms in total. The van der Waals surface area contributed by atoms with Gasteiger partial charge < -0.3 is 5.21 Å². The van der Waals surface area contributed by atoms with Crippen molar-refractivity contribution in [3.05, 3.63) is 35.9 Å². The first kappa shape index (κ1) is 10.2. The number of halogens is 1. The molecule has 0 radical (unpaired) electrons. The second-order valence-corrected chi connectivity index (χ2v) is 4.06. The molecular formula is C10H9BrN2O2. The van der Waals surface area contributed by atoms with Gasteiger partial charge in [0.1, 0.15) is 5.71 Å². The molecule has 0 unspecified atom stereocenters. The van der Waals surface area contributed by atoms with Crippen LogP contribution in [0.1, 0.15) is 18.0 Å². The Labute approximate surface area is 95.5 Å². The van der Waals surface area contributed by atoms with Crippen molar-refractivity contribution in [2.45, 2.75) is 12.5 Å². The minimum Gasteiger partial charge on any atom is -0.410 e. The number of hydrogen-bond donors (Lipinski definition) is 1.